The van der Waals surface area contributed by atoms with Crippen LogP contribution < -0.4 is 5.32 Å². The zero-order valence-electron chi connectivity index (χ0n) is 12.9. The van der Waals surface area contributed by atoms with Crippen LogP contribution in [-0.4, -0.2) is 26.0 Å². The van der Waals surface area contributed by atoms with Crippen molar-refractivity contribution in [2.45, 2.75) is 39.4 Å². The van der Waals surface area contributed by atoms with E-state index < -0.39 is 0 Å². The highest BCUT2D eigenvalue weighted by atomic mass is 16.5. The second-order valence-corrected chi connectivity index (χ2v) is 5.40. The molecular weight excluding hydrogens is 282 g/mol. The lowest BCUT2D eigenvalue weighted by Gasteiger charge is -2.20. The molecule has 0 aliphatic rings. The molecule has 0 aliphatic carbocycles. The van der Waals surface area contributed by atoms with Gasteiger partial charge >= 0.3 is 0 Å². The van der Waals surface area contributed by atoms with Gasteiger partial charge in [-0.2, -0.15) is 10.1 Å². The van der Waals surface area contributed by atoms with Gasteiger partial charge in [0.05, 0.1) is 25.0 Å². The summed E-state index contributed by atoms with van der Waals surface area (Å²) in [6.45, 7) is 6.75. The number of rotatable bonds is 6. The molecule has 3 heterocycles. The minimum atomic E-state index is 0.207. The maximum absolute atomic E-state index is 5.24. The van der Waals surface area contributed by atoms with E-state index in [4.69, 9.17) is 8.94 Å². The summed E-state index contributed by atoms with van der Waals surface area (Å²) in [6.07, 6.45) is 5.47. The van der Waals surface area contributed by atoms with Crippen LogP contribution in [0.3, 0.4) is 0 Å². The monoisotopic (exact) mass is 301 g/mol. The maximum atomic E-state index is 5.24. The molecule has 0 bridgehead atoms. The summed E-state index contributed by atoms with van der Waals surface area (Å²) >= 11 is 0. The zero-order chi connectivity index (χ0) is 15.5. The van der Waals surface area contributed by atoms with Crippen LogP contribution >= 0.6 is 0 Å². The van der Waals surface area contributed by atoms with Crippen molar-refractivity contribution in [3.05, 3.63) is 42.2 Å². The molecular formula is C15H19N5O2. The zero-order valence-corrected chi connectivity index (χ0v) is 12.9. The Bertz CT molecular complexity index is 716. The Morgan fingerprint density at radius 3 is 2.91 bits per heavy atom. The van der Waals surface area contributed by atoms with E-state index in [2.05, 4.69) is 34.4 Å². The SMILES string of the molecule is Cc1cnn([C@@H](C)[C@@H](C)NCc2nc(-c3ccco3)no2)c1. The van der Waals surface area contributed by atoms with E-state index >= 15 is 0 Å². The first-order valence-corrected chi connectivity index (χ1v) is 7.24. The molecule has 7 heteroatoms. The molecule has 3 aromatic heterocycles. The molecule has 1 N–H and O–H groups in total. The van der Waals surface area contributed by atoms with E-state index in [0.717, 1.165) is 5.56 Å². The molecule has 0 unspecified atom stereocenters. The third-order valence-electron chi connectivity index (χ3n) is 3.66. The van der Waals surface area contributed by atoms with Gasteiger partial charge in [0.1, 0.15) is 0 Å². The Morgan fingerprint density at radius 2 is 2.23 bits per heavy atom. The number of nitrogens with one attached hydrogen (secondary N) is 1. The lowest BCUT2D eigenvalue weighted by Crippen LogP contribution is -2.33. The molecule has 0 fully saturated rings. The number of aryl methyl sites for hydroxylation is 1. The first-order valence-electron chi connectivity index (χ1n) is 7.24. The smallest absolute Gasteiger partial charge is 0.241 e. The fraction of sp³-hybridized carbons (Fsp3) is 0.400. The summed E-state index contributed by atoms with van der Waals surface area (Å²) in [4.78, 5) is 4.30. The Balaban J connectivity index is 1.58. The number of nitrogens with zero attached hydrogens (tertiary/aromatic N) is 4. The minimum absolute atomic E-state index is 0.207. The highest BCUT2D eigenvalue weighted by Crippen LogP contribution is 2.16. The molecule has 116 valence electrons. The van der Waals surface area contributed by atoms with Gasteiger partial charge in [0.2, 0.25) is 11.7 Å². The third-order valence-corrected chi connectivity index (χ3v) is 3.66. The molecule has 2 atom stereocenters. The lowest BCUT2D eigenvalue weighted by atomic mass is 10.2. The van der Waals surface area contributed by atoms with E-state index in [1.807, 2.05) is 24.0 Å². The molecule has 3 rings (SSSR count). The van der Waals surface area contributed by atoms with Gasteiger partial charge in [0.15, 0.2) is 5.76 Å². The topological polar surface area (TPSA) is 81.9 Å². The second kappa shape index (κ2) is 6.15. The Morgan fingerprint density at radius 1 is 1.36 bits per heavy atom. The summed E-state index contributed by atoms with van der Waals surface area (Å²) < 4.78 is 12.4. The summed E-state index contributed by atoms with van der Waals surface area (Å²) in [5.74, 6) is 1.59. The Hall–Kier alpha value is -2.41. The van der Waals surface area contributed by atoms with Gasteiger partial charge in [-0.25, -0.2) is 0 Å². The van der Waals surface area contributed by atoms with E-state index in [0.29, 0.717) is 24.0 Å². The van der Waals surface area contributed by atoms with Crippen LogP contribution in [0.2, 0.25) is 0 Å². The van der Waals surface area contributed by atoms with Crippen LogP contribution in [0.1, 0.15) is 31.3 Å². The van der Waals surface area contributed by atoms with Gasteiger partial charge in [0.25, 0.3) is 0 Å². The quantitative estimate of drug-likeness (QED) is 0.753. The summed E-state index contributed by atoms with van der Waals surface area (Å²) in [5.41, 5.74) is 1.15. The molecule has 7 nitrogen and oxygen atoms in total. The van der Waals surface area contributed by atoms with Crippen molar-refractivity contribution in [3.8, 4) is 11.6 Å². The van der Waals surface area contributed by atoms with E-state index in [9.17, 15) is 0 Å². The van der Waals surface area contributed by atoms with E-state index in [-0.39, 0.29) is 12.1 Å². The molecule has 0 radical (unpaired) electrons. The molecule has 0 saturated heterocycles. The predicted molar refractivity (Wildman–Crippen MR) is 80.0 cm³/mol. The van der Waals surface area contributed by atoms with Crippen LogP contribution in [-0.2, 0) is 6.54 Å². The summed E-state index contributed by atoms with van der Waals surface area (Å²) in [6, 6.07) is 4.02. The largest absolute Gasteiger partial charge is 0.461 e. The van der Waals surface area contributed by atoms with Crippen LogP contribution in [0.25, 0.3) is 11.6 Å². The average molecular weight is 301 g/mol. The standard InChI is InChI=1S/C15H19N5O2/c1-10-7-17-20(9-10)12(3)11(2)16-8-14-18-15(19-22-14)13-5-4-6-21-13/h4-7,9,11-12,16H,8H2,1-3H3/t11-,12+/m1/s1. The summed E-state index contributed by atoms with van der Waals surface area (Å²) in [5, 5.41) is 11.6. The summed E-state index contributed by atoms with van der Waals surface area (Å²) in [7, 11) is 0. The lowest BCUT2D eigenvalue weighted by molar-refractivity contribution is 0.325. The fourth-order valence-corrected chi connectivity index (χ4v) is 2.14. The number of aromatic nitrogens is 4. The van der Waals surface area contributed by atoms with Crippen LogP contribution in [0.4, 0.5) is 0 Å². The maximum Gasteiger partial charge on any atom is 0.241 e. The molecule has 0 aromatic carbocycles. The van der Waals surface area contributed by atoms with Gasteiger partial charge in [-0.3, -0.25) is 4.68 Å². The molecule has 0 spiro atoms. The van der Waals surface area contributed by atoms with Crippen molar-refractivity contribution in [1.29, 1.82) is 0 Å². The van der Waals surface area contributed by atoms with Crippen molar-refractivity contribution in [2.75, 3.05) is 0 Å². The van der Waals surface area contributed by atoms with Gasteiger partial charge in [-0.15, -0.1) is 0 Å². The molecule has 3 aromatic rings. The minimum Gasteiger partial charge on any atom is -0.461 e. The van der Waals surface area contributed by atoms with Crippen LogP contribution in [0.5, 0.6) is 0 Å². The van der Waals surface area contributed by atoms with Crippen molar-refractivity contribution in [2.24, 2.45) is 0 Å². The van der Waals surface area contributed by atoms with Crippen molar-refractivity contribution < 1.29 is 8.94 Å². The number of hydrogen-bond donors (Lipinski definition) is 1. The molecule has 22 heavy (non-hydrogen) atoms. The van der Waals surface area contributed by atoms with E-state index in [1.165, 1.54) is 0 Å². The highest BCUT2D eigenvalue weighted by molar-refractivity contribution is 5.44. The third kappa shape index (κ3) is 3.09. The van der Waals surface area contributed by atoms with Gasteiger partial charge in [0, 0.05) is 12.2 Å². The number of hydrogen-bond acceptors (Lipinski definition) is 6. The van der Waals surface area contributed by atoms with Crippen molar-refractivity contribution in [1.82, 2.24) is 25.2 Å². The number of furan rings is 1. The van der Waals surface area contributed by atoms with E-state index in [1.54, 1.807) is 18.4 Å². The van der Waals surface area contributed by atoms with Crippen LogP contribution in [0.15, 0.2) is 39.7 Å². The Kier molecular flexibility index (Phi) is 4.06. The van der Waals surface area contributed by atoms with Crippen LogP contribution in [0, 0.1) is 6.92 Å². The normalized spacial score (nSPS) is 14.1. The first-order chi connectivity index (χ1) is 10.6. The van der Waals surface area contributed by atoms with Gasteiger partial charge in [-0.1, -0.05) is 5.16 Å². The first kappa shape index (κ1) is 14.5. The molecule has 0 amide bonds. The highest BCUT2D eigenvalue weighted by Gasteiger charge is 2.16. The second-order valence-electron chi connectivity index (χ2n) is 5.40. The predicted octanol–water partition coefficient (Wildman–Crippen LogP) is 2.57. The van der Waals surface area contributed by atoms with Crippen molar-refractivity contribution in [3.63, 3.8) is 0 Å². The molecule has 0 aliphatic heterocycles. The average Bonchev–Trinajstić information content (AvgIpc) is 3.24. The fourth-order valence-electron chi connectivity index (χ4n) is 2.14. The van der Waals surface area contributed by atoms with Gasteiger partial charge in [-0.05, 0) is 38.5 Å². The van der Waals surface area contributed by atoms with Gasteiger partial charge < -0.3 is 14.3 Å². The van der Waals surface area contributed by atoms with Crippen molar-refractivity contribution >= 4 is 0 Å². The Labute approximate surface area is 128 Å². The molecule has 0 saturated carbocycles.